The Morgan fingerprint density at radius 1 is 0.765 bits per heavy atom. The second kappa shape index (κ2) is 13.3. The molecule has 0 aromatic heterocycles. The Hall–Kier alpha value is -0.770. The van der Waals surface area contributed by atoms with E-state index in [-0.39, 0.29) is 0 Å². The average molecular weight is 246 g/mol. The lowest BCUT2D eigenvalue weighted by Crippen LogP contribution is -2.09. The molecule has 17 heavy (non-hydrogen) atoms. The summed E-state index contributed by atoms with van der Waals surface area (Å²) in [6.45, 7) is 6.64. The van der Waals surface area contributed by atoms with E-state index < -0.39 is 6.16 Å². The summed E-state index contributed by atoms with van der Waals surface area (Å²) in [6, 6.07) is 0. The minimum atomic E-state index is -0.551. The van der Waals surface area contributed by atoms with Crippen molar-refractivity contribution in [1.29, 1.82) is 0 Å². The molecule has 0 saturated heterocycles. The third kappa shape index (κ3) is 13.2. The highest BCUT2D eigenvalue weighted by atomic mass is 16.7. The van der Waals surface area contributed by atoms with Crippen molar-refractivity contribution in [1.82, 2.24) is 0 Å². The van der Waals surface area contributed by atoms with Crippen molar-refractivity contribution >= 4 is 6.16 Å². The maximum Gasteiger partial charge on any atom is 0.508 e. The Morgan fingerprint density at radius 3 is 1.88 bits per heavy atom. The van der Waals surface area contributed by atoms with Gasteiger partial charge in [-0.05, 0) is 25.7 Å². The fraction of sp³-hybridized carbons (Fsp3) is 0.923. The molecule has 0 amide bonds. The van der Waals surface area contributed by atoms with Gasteiger partial charge in [-0.15, -0.1) is 0 Å². The Kier molecular flexibility index (Phi) is 12.7. The van der Waals surface area contributed by atoms with E-state index in [1.54, 1.807) is 0 Å². The summed E-state index contributed by atoms with van der Waals surface area (Å²) in [7, 11) is 0. The molecule has 0 spiro atoms. The summed E-state index contributed by atoms with van der Waals surface area (Å²) >= 11 is 0. The van der Waals surface area contributed by atoms with Gasteiger partial charge in [0.25, 0.3) is 0 Å². The third-order valence-electron chi connectivity index (χ3n) is 2.26. The van der Waals surface area contributed by atoms with Gasteiger partial charge in [-0.25, -0.2) is 4.79 Å². The lowest BCUT2D eigenvalue weighted by molar-refractivity contribution is 0.0504. The van der Waals surface area contributed by atoms with Crippen molar-refractivity contribution in [3.8, 4) is 0 Å². The van der Waals surface area contributed by atoms with Crippen molar-refractivity contribution in [3.63, 3.8) is 0 Å². The quantitative estimate of drug-likeness (QED) is 0.413. The number of unbranched alkanes of at least 4 members (excludes halogenated alkanes) is 3. The molecule has 102 valence electrons. The van der Waals surface area contributed by atoms with Crippen molar-refractivity contribution in [2.45, 2.75) is 52.4 Å². The topological polar surface area (TPSA) is 44.8 Å². The largest absolute Gasteiger partial charge is 0.508 e. The number of ether oxygens (including phenoxy) is 3. The first kappa shape index (κ1) is 16.2. The molecule has 0 aliphatic carbocycles. The predicted molar refractivity (Wildman–Crippen MR) is 67.2 cm³/mol. The van der Waals surface area contributed by atoms with E-state index >= 15 is 0 Å². The Morgan fingerprint density at radius 2 is 1.24 bits per heavy atom. The number of rotatable bonds is 11. The van der Waals surface area contributed by atoms with Gasteiger partial charge in [-0.2, -0.15) is 0 Å². The number of hydrogen-bond donors (Lipinski definition) is 0. The molecular formula is C13H26O4. The van der Waals surface area contributed by atoms with Crippen molar-refractivity contribution in [3.05, 3.63) is 0 Å². The summed E-state index contributed by atoms with van der Waals surface area (Å²) in [5, 5.41) is 0. The Balaban J connectivity index is 3.08. The van der Waals surface area contributed by atoms with Crippen LogP contribution in [0.2, 0.25) is 0 Å². The first-order valence-electron chi connectivity index (χ1n) is 6.68. The number of carbonyl (C=O) groups excluding carboxylic acids is 1. The lowest BCUT2D eigenvalue weighted by Gasteiger charge is -2.06. The minimum Gasteiger partial charge on any atom is -0.434 e. The molecule has 0 bridgehead atoms. The van der Waals surface area contributed by atoms with Crippen LogP contribution in [-0.4, -0.2) is 32.6 Å². The van der Waals surface area contributed by atoms with Gasteiger partial charge >= 0.3 is 6.16 Å². The van der Waals surface area contributed by atoms with E-state index in [0.29, 0.717) is 13.2 Å². The van der Waals surface area contributed by atoms with E-state index in [2.05, 4.69) is 6.92 Å². The monoisotopic (exact) mass is 246 g/mol. The molecule has 0 aliphatic heterocycles. The van der Waals surface area contributed by atoms with Crippen LogP contribution in [0.4, 0.5) is 4.79 Å². The molecule has 0 saturated carbocycles. The van der Waals surface area contributed by atoms with Crippen molar-refractivity contribution in [2.24, 2.45) is 0 Å². The Bertz CT molecular complexity index is 171. The van der Waals surface area contributed by atoms with Crippen LogP contribution in [0.5, 0.6) is 0 Å². The van der Waals surface area contributed by atoms with Gasteiger partial charge in [0.05, 0.1) is 13.2 Å². The predicted octanol–water partition coefficient (Wildman–Crippen LogP) is 3.54. The maximum absolute atomic E-state index is 11.0. The van der Waals surface area contributed by atoms with Crippen LogP contribution in [0, 0.1) is 0 Å². The normalized spacial score (nSPS) is 10.2. The van der Waals surface area contributed by atoms with E-state index in [4.69, 9.17) is 14.2 Å². The zero-order valence-electron chi connectivity index (χ0n) is 11.2. The van der Waals surface area contributed by atoms with Crippen LogP contribution >= 0.6 is 0 Å². The molecule has 0 aromatic rings. The summed E-state index contributed by atoms with van der Waals surface area (Å²) in [6.07, 6.45) is 5.38. The van der Waals surface area contributed by atoms with Crippen LogP contribution in [0.3, 0.4) is 0 Å². The summed E-state index contributed by atoms with van der Waals surface area (Å²) < 4.78 is 15.1. The van der Waals surface area contributed by atoms with Crippen molar-refractivity contribution < 1.29 is 19.0 Å². The van der Waals surface area contributed by atoms with Crippen molar-refractivity contribution in [2.75, 3.05) is 26.4 Å². The van der Waals surface area contributed by atoms with Gasteiger partial charge in [-0.3, -0.25) is 0 Å². The first-order chi connectivity index (χ1) is 8.31. The molecule has 0 N–H and O–H groups in total. The molecule has 0 aliphatic rings. The van der Waals surface area contributed by atoms with Crippen LogP contribution in [0.25, 0.3) is 0 Å². The molecule has 0 fully saturated rings. The highest BCUT2D eigenvalue weighted by Gasteiger charge is 2.02. The number of carbonyl (C=O) groups is 1. The van der Waals surface area contributed by atoms with Crippen LogP contribution in [0.1, 0.15) is 52.4 Å². The van der Waals surface area contributed by atoms with Gasteiger partial charge < -0.3 is 14.2 Å². The first-order valence-corrected chi connectivity index (χ1v) is 6.68. The molecule has 4 nitrogen and oxygen atoms in total. The molecule has 0 unspecified atom stereocenters. The van der Waals surface area contributed by atoms with Gasteiger partial charge in [-0.1, -0.05) is 26.7 Å². The molecule has 0 atom stereocenters. The van der Waals surface area contributed by atoms with E-state index in [0.717, 1.165) is 51.7 Å². The number of hydrogen-bond acceptors (Lipinski definition) is 4. The van der Waals surface area contributed by atoms with Gasteiger partial charge in [0.2, 0.25) is 0 Å². The Labute approximate surface area is 105 Å². The standard InChI is InChI=1S/C13H26O4/c1-3-5-9-15-10-7-8-12-17-13(14)16-11-6-4-2/h3-12H2,1-2H3. The van der Waals surface area contributed by atoms with Gasteiger partial charge in [0.1, 0.15) is 0 Å². The van der Waals surface area contributed by atoms with E-state index in [9.17, 15) is 4.79 Å². The van der Waals surface area contributed by atoms with Crippen LogP contribution < -0.4 is 0 Å². The lowest BCUT2D eigenvalue weighted by atomic mass is 10.3. The molecule has 4 heteroatoms. The molecule has 0 radical (unpaired) electrons. The van der Waals surface area contributed by atoms with Gasteiger partial charge in [0, 0.05) is 13.2 Å². The molecule has 0 heterocycles. The molecule has 0 aromatic carbocycles. The second-order valence-corrected chi connectivity index (χ2v) is 3.97. The highest BCUT2D eigenvalue weighted by molar-refractivity contribution is 5.59. The smallest absolute Gasteiger partial charge is 0.434 e. The average Bonchev–Trinajstić information content (AvgIpc) is 2.33. The zero-order chi connectivity index (χ0) is 12.8. The van der Waals surface area contributed by atoms with E-state index in [1.165, 1.54) is 0 Å². The third-order valence-corrected chi connectivity index (χ3v) is 2.26. The fourth-order valence-corrected chi connectivity index (χ4v) is 1.15. The van der Waals surface area contributed by atoms with Crippen LogP contribution in [-0.2, 0) is 14.2 Å². The maximum atomic E-state index is 11.0. The second-order valence-electron chi connectivity index (χ2n) is 3.97. The molecular weight excluding hydrogens is 220 g/mol. The molecule has 0 rings (SSSR count). The van der Waals surface area contributed by atoms with E-state index in [1.807, 2.05) is 6.92 Å². The SMILES string of the molecule is CCCCOCCCCOC(=O)OCCCC. The van der Waals surface area contributed by atoms with Gasteiger partial charge in [0.15, 0.2) is 0 Å². The zero-order valence-corrected chi connectivity index (χ0v) is 11.2. The van der Waals surface area contributed by atoms with Crippen LogP contribution in [0.15, 0.2) is 0 Å². The fourth-order valence-electron chi connectivity index (χ4n) is 1.15. The minimum absolute atomic E-state index is 0.419. The highest BCUT2D eigenvalue weighted by Crippen LogP contribution is 1.96. The summed E-state index contributed by atoms with van der Waals surface area (Å²) in [5.74, 6) is 0. The summed E-state index contributed by atoms with van der Waals surface area (Å²) in [4.78, 5) is 11.0. The summed E-state index contributed by atoms with van der Waals surface area (Å²) in [5.41, 5.74) is 0.